The van der Waals surface area contributed by atoms with Crippen LogP contribution in [0.3, 0.4) is 0 Å². The topological polar surface area (TPSA) is 131 Å². The van der Waals surface area contributed by atoms with Gasteiger partial charge < -0.3 is 18.9 Å². The lowest BCUT2D eigenvalue weighted by Gasteiger charge is -2.25. The first kappa shape index (κ1) is 30.1. The molecular formula is C35H28N4O7. The Balaban J connectivity index is 1.34. The van der Waals surface area contributed by atoms with Gasteiger partial charge in [-0.1, -0.05) is 72.8 Å². The van der Waals surface area contributed by atoms with Crippen molar-refractivity contribution in [3.05, 3.63) is 150 Å². The fraction of sp³-hybridized carbons (Fsp3) is 0.143. The zero-order valence-electron chi connectivity index (χ0n) is 24.4. The Morgan fingerprint density at radius 1 is 0.652 bits per heavy atom. The zero-order valence-corrected chi connectivity index (χ0v) is 24.4. The van der Waals surface area contributed by atoms with E-state index in [0.29, 0.717) is 11.3 Å². The van der Waals surface area contributed by atoms with Crippen molar-refractivity contribution < 1.29 is 33.3 Å². The summed E-state index contributed by atoms with van der Waals surface area (Å²) in [6.45, 7) is -0.314. The Morgan fingerprint density at radius 3 is 1.72 bits per heavy atom. The van der Waals surface area contributed by atoms with E-state index in [4.69, 9.17) is 18.9 Å². The molecule has 1 saturated heterocycles. The molecule has 0 aliphatic carbocycles. The summed E-state index contributed by atoms with van der Waals surface area (Å²) in [6.07, 6.45) is -1.46. The first-order valence-corrected chi connectivity index (χ1v) is 14.5. The highest BCUT2D eigenvalue weighted by molar-refractivity contribution is 5.91. The molecule has 1 aliphatic rings. The molecule has 0 unspecified atom stereocenters. The van der Waals surface area contributed by atoms with Crippen molar-refractivity contribution in [2.45, 2.75) is 24.5 Å². The molecule has 6 rings (SSSR count). The molecule has 0 spiro atoms. The van der Waals surface area contributed by atoms with Gasteiger partial charge in [-0.05, 0) is 48.5 Å². The third-order valence-corrected chi connectivity index (χ3v) is 7.11. The summed E-state index contributed by atoms with van der Waals surface area (Å²) in [7, 11) is 0. The maximum absolute atomic E-state index is 13.4. The van der Waals surface area contributed by atoms with Gasteiger partial charge in [0.25, 0.3) is 5.95 Å². The molecular weight excluding hydrogens is 588 g/mol. The maximum Gasteiger partial charge on any atom is 0.338 e. The SMILES string of the molecule is O=C(OC[C@H]1O[C@@H](n2ccnc2N=Nc2ccccc2)[C@H](OC(=O)c2ccccc2)[C@@H]1OC(=O)c1ccccc1)c1ccccc1. The van der Waals surface area contributed by atoms with Crippen molar-refractivity contribution in [1.82, 2.24) is 9.55 Å². The van der Waals surface area contributed by atoms with Gasteiger partial charge >= 0.3 is 17.9 Å². The number of nitrogens with zero attached hydrogens (tertiary/aromatic N) is 4. The van der Waals surface area contributed by atoms with Crippen molar-refractivity contribution in [1.29, 1.82) is 0 Å². The van der Waals surface area contributed by atoms with Crippen LogP contribution >= 0.6 is 0 Å². The molecule has 230 valence electrons. The van der Waals surface area contributed by atoms with Gasteiger partial charge in [0.05, 0.1) is 22.4 Å². The number of esters is 3. The first-order valence-electron chi connectivity index (χ1n) is 14.5. The summed E-state index contributed by atoms with van der Waals surface area (Å²) >= 11 is 0. The summed E-state index contributed by atoms with van der Waals surface area (Å²) in [6, 6.07) is 34.3. The van der Waals surface area contributed by atoms with Crippen LogP contribution in [-0.4, -0.2) is 52.4 Å². The van der Waals surface area contributed by atoms with Gasteiger partial charge in [-0.3, -0.25) is 4.57 Å². The fourth-order valence-corrected chi connectivity index (χ4v) is 4.86. The van der Waals surface area contributed by atoms with Crippen LogP contribution in [0.2, 0.25) is 0 Å². The molecule has 11 nitrogen and oxygen atoms in total. The minimum absolute atomic E-state index is 0.143. The Kier molecular flexibility index (Phi) is 9.31. The number of azo groups is 1. The zero-order chi connectivity index (χ0) is 31.7. The van der Waals surface area contributed by atoms with Crippen LogP contribution in [0.15, 0.2) is 144 Å². The molecule has 4 aromatic carbocycles. The number of hydrogen-bond donors (Lipinski definition) is 0. The number of carbonyl (C=O) groups excluding carboxylic acids is 3. The highest BCUT2D eigenvalue weighted by Gasteiger charge is 2.51. The second-order valence-electron chi connectivity index (χ2n) is 10.2. The van der Waals surface area contributed by atoms with E-state index < -0.39 is 42.4 Å². The number of ether oxygens (including phenoxy) is 4. The van der Waals surface area contributed by atoms with E-state index in [1.54, 1.807) is 109 Å². The van der Waals surface area contributed by atoms with Gasteiger partial charge in [-0.15, -0.1) is 10.2 Å². The molecule has 46 heavy (non-hydrogen) atoms. The number of carbonyl (C=O) groups is 3. The van der Waals surface area contributed by atoms with Gasteiger partial charge in [0, 0.05) is 12.4 Å². The van der Waals surface area contributed by atoms with Gasteiger partial charge in [-0.25, -0.2) is 19.4 Å². The Morgan fingerprint density at radius 2 is 1.15 bits per heavy atom. The number of imidazole rings is 1. The third kappa shape index (κ3) is 7.06. The van der Waals surface area contributed by atoms with Crippen molar-refractivity contribution in [2.24, 2.45) is 10.2 Å². The molecule has 0 bridgehead atoms. The highest BCUT2D eigenvalue weighted by atomic mass is 16.7. The van der Waals surface area contributed by atoms with Gasteiger partial charge in [0.1, 0.15) is 12.7 Å². The summed E-state index contributed by atoms with van der Waals surface area (Å²) in [5.41, 5.74) is 1.49. The van der Waals surface area contributed by atoms with Crippen molar-refractivity contribution in [3.8, 4) is 0 Å². The van der Waals surface area contributed by atoms with Crippen LogP contribution in [0.1, 0.15) is 37.3 Å². The summed E-state index contributed by atoms with van der Waals surface area (Å²) in [5.74, 6) is -1.80. The summed E-state index contributed by atoms with van der Waals surface area (Å²) in [5, 5.41) is 8.55. The monoisotopic (exact) mass is 616 g/mol. The van der Waals surface area contributed by atoms with Crippen LogP contribution in [0.5, 0.6) is 0 Å². The van der Waals surface area contributed by atoms with E-state index in [1.165, 1.54) is 10.8 Å². The lowest BCUT2D eigenvalue weighted by molar-refractivity contribution is -0.0613. The van der Waals surface area contributed by atoms with Crippen molar-refractivity contribution in [3.63, 3.8) is 0 Å². The van der Waals surface area contributed by atoms with E-state index in [-0.39, 0.29) is 23.7 Å². The fourth-order valence-electron chi connectivity index (χ4n) is 4.86. The summed E-state index contributed by atoms with van der Waals surface area (Å²) < 4.78 is 25.5. The quantitative estimate of drug-likeness (QED) is 0.0987. The molecule has 0 saturated carbocycles. The molecule has 1 aliphatic heterocycles. The average Bonchev–Trinajstić information content (AvgIpc) is 3.71. The molecule has 1 aromatic heterocycles. The largest absolute Gasteiger partial charge is 0.459 e. The summed E-state index contributed by atoms with van der Waals surface area (Å²) in [4.78, 5) is 43.9. The van der Waals surface area contributed by atoms with E-state index in [9.17, 15) is 14.4 Å². The van der Waals surface area contributed by atoms with E-state index in [2.05, 4.69) is 15.2 Å². The molecule has 11 heteroatoms. The second kappa shape index (κ2) is 14.2. The predicted molar refractivity (Wildman–Crippen MR) is 165 cm³/mol. The van der Waals surface area contributed by atoms with Crippen LogP contribution in [0, 0.1) is 0 Å². The molecule has 0 radical (unpaired) electrons. The molecule has 4 atom stereocenters. The van der Waals surface area contributed by atoms with Gasteiger partial charge in [0.15, 0.2) is 18.4 Å². The van der Waals surface area contributed by atoms with Gasteiger partial charge in [-0.2, -0.15) is 0 Å². The Labute approximate surface area is 264 Å². The Bertz CT molecular complexity index is 1800. The highest BCUT2D eigenvalue weighted by Crippen LogP contribution is 2.37. The van der Waals surface area contributed by atoms with E-state index in [1.807, 2.05) is 18.2 Å². The molecule has 5 aromatic rings. The smallest absolute Gasteiger partial charge is 0.338 e. The lowest BCUT2D eigenvalue weighted by atomic mass is 10.1. The number of aromatic nitrogens is 2. The third-order valence-electron chi connectivity index (χ3n) is 7.11. The first-order chi connectivity index (χ1) is 22.6. The van der Waals surface area contributed by atoms with Gasteiger partial charge in [0.2, 0.25) is 0 Å². The van der Waals surface area contributed by atoms with Crippen LogP contribution in [0.4, 0.5) is 11.6 Å². The Hall–Kier alpha value is -5.94. The number of hydrogen-bond acceptors (Lipinski definition) is 10. The number of benzene rings is 4. The molecule has 1 fully saturated rings. The number of rotatable bonds is 10. The van der Waals surface area contributed by atoms with E-state index >= 15 is 0 Å². The van der Waals surface area contributed by atoms with E-state index in [0.717, 1.165) is 0 Å². The van der Waals surface area contributed by atoms with Crippen LogP contribution in [-0.2, 0) is 18.9 Å². The second-order valence-corrected chi connectivity index (χ2v) is 10.2. The molecule has 0 N–H and O–H groups in total. The minimum Gasteiger partial charge on any atom is -0.459 e. The van der Waals surface area contributed by atoms with Crippen molar-refractivity contribution in [2.75, 3.05) is 6.61 Å². The minimum atomic E-state index is -1.21. The average molecular weight is 617 g/mol. The normalized spacial score (nSPS) is 19.0. The van der Waals surface area contributed by atoms with Crippen molar-refractivity contribution >= 4 is 29.5 Å². The molecule has 0 amide bonds. The molecule has 2 heterocycles. The lowest BCUT2D eigenvalue weighted by Crippen LogP contribution is -2.41. The standard InChI is InChI=1S/C35H28N4O7/c40-32(24-13-5-1-6-14-24)43-23-28-29(45-33(41)25-15-7-2-8-16-25)30(46-34(42)26-17-9-3-10-18-26)31(44-28)39-22-21-36-35(39)38-37-27-19-11-4-12-20-27/h1-22,28-31H,23H2/t28-,29-,30-,31-/m1/s1. The predicted octanol–water partition coefficient (Wildman–Crippen LogP) is 6.50. The maximum atomic E-state index is 13.4. The van der Waals surface area contributed by atoms with Crippen LogP contribution < -0.4 is 0 Å². The van der Waals surface area contributed by atoms with Crippen LogP contribution in [0.25, 0.3) is 0 Å².